The van der Waals surface area contributed by atoms with Crippen molar-refractivity contribution in [3.8, 4) is 11.3 Å². The minimum Gasteiger partial charge on any atom is -0.391 e. The van der Waals surface area contributed by atoms with Crippen molar-refractivity contribution < 1.29 is 5.11 Å². The van der Waals surface area contributed by atoms with Crippen LogP contribution in [0.15, 0.2) is 66.0 Å². The lowest BCUT2D eigenvalue weighted by molar-refractivity contribution is 0.198. The fraction of sp³-hybridized carbons (Fsp3) is 0.208. The van der Waals surface area contributed by atoms with E-state index < -0.39 is 0 Å². The summed E-state index contributed by atoms with van der Waals surface area (Å²) in [7, 11) is 0. The smallest absolute Gasteiger partial charge is 0.180 e. The van der Waals surface area contributed by atoms with E-state index in [9.17, 15) is 5.11 Å². The first kappa shape index (κ1) is 18.1. The molecule has 6 rings (SSSR count). The molecule has 1 fully saturated rings. The number of hydrogen-bond donors (Lipinski definition) is 2. The summed E-state index contributed by atoms with van der Waals surface area (Å²) in [5.74, 6) is 0.712. The minimum atomic E-state index is -0.232. The Bertz CT molecular complexity index is 1290. The molecular formula is C24H22N6O. The number of benzene rings is 2. The van der Waals surface area contributed by atoms with Crippen molar-refractivity contribution in [3.05, 3.63) is 72.2 Å². The summed E-state index contributed by atoms with van der Waals surface area (Å²) in [6.07, 6.45) is 8.24. The summed E-state index contributed by atoms with van der Waals surface area (Å²) in [4.78, 5) is 15.9. The van der Waals surface area contributed by atoms with Crippen LogP contribution >= 0.6 is 0 Å². The van der Waals surface area contributed by atoms with Gasteiger partial charge in [0.15, 0.2) is 11.5 Å². The van der Waals surface area contributed by atoms with Crippen LogP contribution in [0.1, 0.15) is 17.5 Å². The summed E-state index contributed by atoms with van der Waals surface area (Å²) in [6, 6.07) is 14.6. The average molecular weight is 410 g/mol. The van der Waals surface area contributed by atoms with Gasteiger partial charge in [-0.2, -0.15) is 0 Å². The molecule has 2 aromatic heterocycles. The van der Waals surface area contributed by atoms with Gasteiger partial charge in [-0.3, -0.25) is 4.99 Å². The summed E-state index contributed by atoms with van der Waals surface area (Å²) in [5, 5.41) is 13.2. The predicted molar refractivity (Wildman–Crippen MR) is 122 cm³/mol. The molecule has 4 aromatic rings. The Morgan fingerprint density at radius 3 is 2.84 bits per heavy atom. The maximum atomic E-state index is 9.78. The number of β-amino-alcohol motifs (C(OH)–C–C–N with tert-alkyl or cyclic N) is 1. The van der Waals surface area contributed by atoms with E-state index in [0.717, 1.165) is 47.8 Å². The third-order valence-electron chi connectivity index (χ3n) is 5.96. The fourth-order valence-corrected chi connectivity index (χ4v) is 4.29. The van der Waals surface area contributed by atoms with Crippen molar-refractivity contribution in [2.24, 2.45) is 4.99 Å². The molecule has 2 N–H and O–H groups in total. The molecule has 7 nitrogen and oxygen atoms in total. The molecule has 154 valence electrons. The Morgan fingerprint density at radius 2 is 2.00 bits per heavy atom. The van der Waals surface area contributed by atoms with E-state index in [4.69, 9.17) is 4.98 Å². The first-order valence-electron chi connectivity index (χ1n) is 10.5. The van der Waals surface area contributed by atoms with Gasteiger partial charge in [0, 0.05) is 54.8 Å². The highest BCUT2D eigenvalue weighted by Crippen LogP contribution is 2.28. The number of aliphatic hydroxyl groups is 1. The van der Waals surface area contributed by atoms with Gasteiger partial charge in [0.2, 0.25) is 0 Å². The Labute approximate surface area is 179 Å². The lowest BCUT2D eigenvalue weighted by Gasteiger charge is -2.18. The van der Waals surface area contributed by atoms with Gasteiger partial charge in [0.25, 0.3) is 0 Å². The molecule has 0 spiro atoms. The molecule has 2 aliphatic heterocycles. The van der Waals surface area contributed by atoms with Crippen molar-refractivity contribution in [1.82, 2.24) is 14.4 Å². The Morgan fingerprint density at radius 1 is 1.10 bits per heavy atom. The van der Waals surface area contributed by atoms with E-state index in [1.165, 1.54) is 11.1 Å². The molecule has 4 heterocycles. The number of rotatable bonds is 4. The Hall–Kier alpha value is -3.71. The summed E-state index contributed by atoms with van der Waals surface area (Å²) < 4.78 is 1.99. The Balaban J connectivity index is 1.32. The summed E-state index contributed by atoms with van der Waals surface area (Å²) in [5.41, 5.74) is 7.19. The zero-order chi connectivity index (χ0) is 20.8. The second-order valence-corrected chi connectivity index (χ2v) is 8.08. The van der Waals surface area contributed by atoms with Crippen LogP contribution in [0.2, 0.25) is 0 Å². The molecule has 1 atom stereocenters. The van der Waals surface area contributed by atoms with Crippen LogP contribution in [0.5, 0.6) is 0 Å². The van der Waals surface area contributed by atoms with Crippen molar-refractivity contribution >= 4 is 29.1 Å². The molecule has 0 bridgehead atoms. The number of imidazole rings is 1. The molecule has 7 heteroatoms. The first-order valence-corrected chi connectivity index (χ1v) is 10.5. The number of aromatic nitrogens is 3. The zero-order valence-corrected chi connectivity index (χ0v) is 16.9. The first-order chi connectivity index (χ1) is 15.2. The van der Waals surface area contributed by atoms with E-state index in [-0.39, 0.29) is 6.10 Å². The highest BCUT2D eigenvalue weighted by Gasteiger charge is 2.20. The van der Waals surface area contributed by atoms with Crippen LogP contribution < -0.4 is 10.2 Å². The molecule has 1 saturated heterocycles. The van der Waals surface area contributed by atoms with Crippen molar-refractivity contribution in [2.75, 3.05) is 23.3 Å². The van der Waals surface area contributed by atoms with Crippen LogP contribution in [-0.4, -0.2) is 44.9 Å². The number of aliphatic imine (C=N–C) groups is 1. The minimum absolute atomic E-state index is 0.232. The van der Waals surface area contributed by atoms with E-state index in [1.54, 1.807) is 6.20 Å². The highest BCUT2D eigenvalue weighted by atomic mass is 16.3. The second kappa shape index (κ2) is 7.21. The topological polar surface area (TPSA) is 78.0 Å². The molecule has 31 heavy (non-hydrogen) atoms. The molecule has 0 saturated carbocycles. The van der Waals surface area contributed by atoms with Gasteiger partial charge in [0.1, 0.15) is 0 Å². The van der Waals surface area contributed by atoms with Crippen LogP contribution in [-0.2, 0) is 6.54 Å². The van der Waals surface area contributed by atoms with Crippen LogP contribution in [0, 0.1) is 0 Å². The lowest BCUT2D eigenvalue weighted by atomic mass is 10.0. The quantitative estimate of drug-likeness (QED) is 0.537. The fourth-order valence-electron chi connectivity index (χ4n) is 4.29. The van der Waals surface area contributed by atoms with Gasteiger partial charge in [0.05, 0.1) is 18.3 Å². The van der Waals surface area contributed by atoms with Gasteiger partial charge in [-0.1, -0.05) is 12.1 Å². The van der Waals surface area contributed by atoms with E-state index in [2.05, 4.69) is 50.5 Å². The molecular weight excluding hydrogens is 388 g/mol. The monoisotopic (exact) mass is 410 g/mol. The van der Waals surface area contributed by atoms with E-state index in [1.807, 2.05) is 35.1 Å². The molecule has 2 aliphatic rings. The predicted octanol–water partition coefficient (Wildman–Crippen LogP) is 3.64. The SMILES string of the molecule is O[C@H]1CCN(c2ccc(Nc3nc(-c4ccc5c(c4)CN=C5)cn4ccnc34)cc2)C1. The molecule has 0 radical (unpaired) electrons. The van der Waals surface area contributed by atoms with Crippen molar-refractivity contribution in [3.63, 3.8) is 0 Å². The van der Waals surface area contributed by atoms with Gasteiger partial charge in [-0.15, -0.1) is 0 Å². The van der Waals surface area contributed by atoms with E-state index in [0.29, 0.717) is 12.4 Å². The van der Waals surface area contributed by atoms with Crippen LogP contribution in [0.25, 0.3) is 16.9 Å². The standard InChI is InChI=1S/C24H22N6O/c31-21-7-9-29(14-21)20-5-3-19(4-6-20)27-23-24-26-8-10-30(24)15-22(28-23)16-1-2-17-12-25-13-18(17)11-16/h1-6,8,10-12,15,21,31H,7,9,13-14H2,(H,27,28)/t21-/m0/s1. The molecule has 0 amide bonds. The third-order valence-corrected chi connectivity index (χ3v) is 5.96. The maximum Gasteiger partial charge on any atom is 0.180 e. The number of hydrogen-bond acceptors (Lipinski definition) is 6. The van der Waals surface area contributed by atoms with Gasteiger partial charge in [-0.05, 0) is 47.9 Å². The number of nitrogens with one attached hydrogen (secondary N) is 1. The summed E-state index contributed by atoms with van der Waals surface area (Å²) in [6.45, 7) is 2.30. The second-order valence-electron chi connectivity index (χ2n) is 8.08. The van der Waals surface area contributed by atoms with Gasteiger partial charge >= 0.3 is 0 Å². The normalized spacial score (nSPS) is 17.5. The van der Waals surface area contributed by atoms with Gasteiger partial charge in [-0.25, -0.2) is 9.97 Å². The Kier molecular flexibility index (Phi) is 4.21. The van der Waals surface area contributed by atoms with Crippen molar-refractivity contribution in [2.45, 2.75) is 19.1 Å². The van der Waals surface area contributed by atoms with E-state index >= 15 is 0 Å². The summed E-state index contributed by atoms with van der Waals surface area (Å²) >= 11 is 0. The maximum absolute atomic E-state index is 9.78. The number of nitrogens with zero attached hydrogens (tertiary/aromatic N) is 5. The highest BCUT2D eigenvalue weighted by molar-refractivity contribution is 5.86. The largest absolute Gasteiger partial charge is 0.391 e. The van der Waals surface area contributed by atoms with Crippen LogP contribution in [0.3, 0.4) is 0 Å². The molecule has 2 aromatic carbocycles. The van der Waals surface area contributed by atoms with Crippen LogP contribution in [0.4, 0.5) is 17.2 Å². The molecule has 0 aliphatic carbocycles. The average Bonchev–Trinajstić information content (AvgIpc) is 3.54. The zero-order valence-electron chi connectivity index (χ0n) is 16.9. The number of fused-ring (bicyclic) bond motifs is 2. The van der Waals surface area contributed by atoms with Gasteiger partial charge < -0.3 is 19.7 Å². The number of anilines is 3. The lowest BCUT2D eigenvalue weighted by Crippen LogP contribution is -2.20. The third kappa shape index (κ3) is 3.33. The van der Waals surface area contributed by atoms with Crippen molar-refractivity contribution in [1.29, 1.82) is 0 Å². The molecule has 0 unspecified atom stereocenters. The number of aliphatic hydroxyl groups excluding tert-OH is 1.